The largest absolute Gasteiger partial charge is 0.336 e. The molecule has 0 radical (unpaired) electrons. The Bertz CT molecular complexity index is 336. The van der Waals surface area contributed by atoms with Gasteiger partial charge in [0.05, 0.1) is 0 Å². The second-order valence-corrected chi connectivity index (χ2v) is 3.64. The van der Waals surface area contributed by atoms with Crippen LogP contribution in [0.2, 0.25) is 0 Å². The summed E-state index contributed by atoms with van der Waals surface area (Å²) in [7, 11) is 0. The van der Waals surface area contributed by atoms with Crippen LogP contribution in [0, 0.1) is 0 Å². The summed E-state index contributed by atoms with van der Waals surface area (Å²) in [5.41, 5.74) is 1.75. The highest BCUT2D eigenvalue weighted by Crippen LogP contribution is 2.07. The number of aryl methyl sites for hydroxylation is 1. The fraction of sp³-hybridized carbons (Fsp3) is 0.455. The maximum Gasteiger partial charge on any atom is 0.319 e. The number of aromatic nitrogens is 1. The molecule has 0 aromatic carbocycles. The van der Waals surface area contributed by atoms with Crippen LogP contribution in [0.15, 0.2) is 18.3 Å². The van der Waals surface area contributed by atoms with E-state index in [0.29, 0.717) is 0 Å². The lowest BCUT2D eigenvalue weighted by Gasteiger charge is -2.10. The summed E-state index contributed by atoms with van der Waals surface area (Å²) in [6.07, 6.45) is 2.56. The summed E-state index contributed by atoms with van der Waals surface area (Å²) in [5, 5.41) is 5.52. The van der Waals surface area contributed by atoms with Crippen LogP contribution in [0.3, 0.4) is 0 Å². The van der Waals surface area contributed by atoms with Gasteiger partial charge in [-0.2, -0.15) is 0 Å². The molecule has 1 heterocycles. The van der Waals surface area contributed by atoms with Crippen LogP contribution in [-0.2, 0) is 6.42 Å². The van der Waals surface area contributed by atoms with Gasteiger partial charge in [0.1, 0.15) is 0 Å². The highest BCUT2D eigenvalue weighted by Gasteiger charge is 2.03. The summed E-state index contributed by atoms with van der Waals surface area (Å²) < 4.78 is 0. The molecule has 0 fully saturated rings. The normalized spacial score (nSPS) is 10.1. The number of hydrogen-bond donors (Lipinski definition) is 2. The lowest BCUT2D eigenvalue weighted by molar-refractivity contribution is 0.250. The molecule has 1 aromatic rings. The van der Waals surface area contributed by atoms with E-state index in [1.807, 2.05) is 26.8 Å². The third kappa shape index (κ3) is 3.97. The van der Waals surface area contributed by atoms with Crippen LogP contribution < -0.4 is 10.6 Å². The molecule has 0 bridgehead atoms. The number of anilines is 1. The van der Waals surface area contributed by atoms with Gasteiger partial charge in [-0.05, 0) is 32.4 Å². The first-order valence-corrected chi connectivity index (χ1v) is 5.14. The predicted molar refractivity (Wildman–Crippen MR) is 60.9 cm³/mol. The van der Waals surface area contributed by atoms with Gasteiger partial charge in [0, 0.05) is 23.6 Å². The van der Waals surface area contributed by atoms with E-state index in [4.69, 9.17) is 0 Å². The number of pyridine rings is 1. The maximum absolute atomic E-state index is 11.4. The van der Waals surface area contributed by atoms with Crippen molar-refractivity contribution in [1.82, 2.24) is 10.3 Å². The molecule has 82 valence electrons. The summed E-state index contributed by atoms with van der Waals surface area (Å²) in [6, 6.07) is 3.61. The third-order valence-electron chi connectivity index (χ3n) is 1.86. The van der Waals surface area contributed by atoms with E-state index in [1.54, 1.807) is 12.3 Å². The van der Waals surface area contributed by atoms with Gasteiger partial charge in [-0.15, -0.1) is 0 Å². The summed E-state index contributed by atoms with van der Waals surface area (Å²) >= 11 is 0. The van der Waals surface area contributed by atoms with E-state index in [1.165, 1.54) is 0 Å². The SMILES string of the molecule is CCc1cc(NC(=O)NC(C)C)ccn1. The topological polar surface area (TPSA) is 54.0 Å². The molecule has 0 unspecified atom stereocenters. The van der Waals surface area contributed by atoms with E-state index < -0.39 is 0 Å². The van der Waals surface area contributed by atoms with Crippen molar-refractivity contribution >= 4 is 11.7 Å². The molecule has 0 aliphatic carbocycles. The summed E-state index contributed by atoms with van der Waals surface area (Å²) in [5.74, 6) is 0. The van der Waals surface area contributed by atoms with Crippen molar-refractivity contribution in [3.63, 3.8) is 0 Å². The molecule has 0 saturated heterocycles. The zero-order valence-electron chi connectivity index (χ0n) is 9.37. The van der Waals surface area contributed by atoms with Crippen LogP contribution in [0.5, 0.6) is 0 Å². The lowest BCUT2D eigenvalue weighted by atomic mass is 10.2. The summed E-state index contributed by atoms with van der Waals surface area (Å²) in [6.45, 7) is 5.87. The Morgan fingerprint density at radius 2 is 2.27 bits per heavy atom. The van der Waals surface area contributed by atoms with Gasteiger partial charge in [0.15, 0.2) is 0 Å². The van der Waals surface area contributed by atoms with Crippen LogP contribution in [0.25, 0.3) is 0 Å². The molecule has 1 aromatic heterocycles. The zero-order chi connectivity index (χ0) is 11.3. The summed E-state index contributed by atoms with van der Waals surface area (Å²) in [4.78, 5) is 15.5. The monoisotopic (exact) mass is 207 g/mol. The highest BCUT2D eigenvalue weighted by atomic mass is 16.2. The van der Waals surface area contributed by atoms with Gasteiger partial charge in [0.25, 0.3) is 0 Å². The molecule has 0 atom stereocenters. The van der Waals surface area contributed by atoms with Crippen molar-refractivity contribution in [3.05, 3.63) is 24.0 Å². The molecule has 0 spiro atoms. The molecular weight excluding hydrogens is 190 g/mol. The minimum Gasteiger partial charge on any atom is -0.336 e. The molecule has 2 N–H and O–H groups in total. The van der Waals surface area contributed by atoms with Crippen molar-refractivity contribution in [3.8, 4) is 0 Å². The number of hydrogen-bond acceptors (Lipinski definition) is 2. The number of nitrogens with one attached hydrogen (secondary N) is 2. The van der Waals surface area contributed by atoms with E-state index in [-0.39, 0.29) is 12.1 Å². The Morgan fingerprint density at radius 3 is 2.87 bits per heavy atom. The van der Waals surface area contributed by atoms with Crippen molar-refractivity contribution in [2.45, 2.75) is 33.2 Å². The van der Waals surface area contributed by atoms with Gasteiger partial charge in [-0.1, -0.05) is 6.92 Å². The van der Waals surface area contributed by atoms with Crippen LogP contribution >= 0.6 is 0 Å². The molecule has 4 heteroatoms. The van der Waals surface area contributed by atoms with Crippen molar-refractivity contribution < 1.29 is 4.79 Å². The van der Waals surface area contributed by atoms with Gasteiger partial charge in [0.2, 0.25) is 0 Å². The number of rotatable bonds is 3. The predicted octanol–water partition coefficient (Wildman–Crippen LogP) is 2.17. The molecule has 4 nitrogen and oxygen atoms in total. The zero-order valence-corrected chi connectivity index (χ0v) is 9.37. The average molecular weight is 207 g/mol. The van der Waals surface area contributed by atoms with Crippen molar-refractivity contribution in [2.24, 2.45) is 0 Å². The molecule has 15 heavy (non-hydrogen) atoms. The fourth-order valence-corrected chi connectivity index (χ4v) is 1.18. The molecule has 2 amide bonds. The van der Waals surface area contributed by atoms with Gasteiger partial charge >= 0.3 is 6.03 Å². The van der Waals surface area contributed by atoms with Crippen LogP contribution in [0.4, 0.5) is 10.5 Å². The first-order valence-electron chi connectivity index (χ1n) is 5.14. The minimum absolute atomic E-state index is 0.137. The van der Waals surface area contributed by atoms with E-state index in [2.05, 4.69) is 15.6 Å². The number of carbonyl (C=O) groups is 1. The number of amides is 2. The molecular formula is C11H17N3O. The van der Waals surface area contributed by atoms with Gasteiger partial charge < -0.3 is 10.6 Å². The molecule has 0 aliphatic heterocycles. The Labute approximate surface area is 90.1 Å². The minimum atomic E-state index is -0.182. The first kappa shape index (κ1) is 11.5. The number of urea groups is 1. The third-order valence-corrected chi connectivity index (χ3v) is 1.86. The highest BCUT2D eigenvalue weighted by molar-refractivity contribution is 5.89. The van der Waals surface area contributed by atoms with Crippen LogP contribution in [-0.4, -0.2) is 17.1 Å². The second-order valence-electron chi connectivity index (χ2n) is 3.64. The first-order chi connectivity index (χ1) is 7.11. The maximum atomic E-state index is 11.4. The van der Waals surface area contributed by atoms with Crippen molar-refractivity contribution in [2.75, 3.05) is 5.32 Å². The van der Waals surface area contributed by atoms with Gasteiger partial charge in [-0.3, -0.25) is 4.98 Å². The molecule has 0 aliphatic rings. The number of carbonyl (C=O) groups excluding carboxylic acids is 1. The Balaban J connectivity index is 2.60. The Morgan fingerprint density at radius 1 is 1.53 bits per heavy atom. The lowest BCUT2D eigenvalue weighted by Crippen LogP contribution is -2.34. The quantitative estimate of drug-likeness (QED) is 0.798. The smallest absolute Gasteiger partial charge is 0.319 e. The second kappa shape index (κ2) is 5.34. The Kier molecular flexibility index (Phi) is 4.09. The number of nitrogens with zero attached hydrogens (tertiary/aromatic N) is 1. The van der Waals surface area contributed by atoms with Crippen LogP contribution in [0.1, 0.15) is 26.5 Å². The Hall–Kier alpha value is -1.58. The fourth-order valence-electron chi connectivity index (χ4n) is 1.18. The average Bonchev–Trinajstić information content (AvgIpc) is 2.16. The standard InChI is InChI=1S/C11H17N3O/c1-4-9-7-10(5-6-12-9)14-11(15)13-8(2)3/h5-8H,4H2,1-3H3,(H2,12,13,14,15). The van der Waals surface area contributed by atoms with E-state index in [9.17, 15) is 4.79 Å². The van der Waals surface area contributed by atoms with E-state index in [0.717, 1.165) is 17.8 Å². The van der Waals surface area contributed by atoms with E-state index >= 15 is 0 Å². The molecule has 1 rings (SSSR count). The molecule has 0 saturated carbocycles. The van der Waals surface area contributed by atoms with Gasteiger partial charge in [-0.25, -0.2) is 4.79 Å². The van der Waals surface area contributed by atoms with Crippen molar-refractivity contribution in [1.29, 1.82) is 0 Å².